The first-order valence-electron chi connectivity index (χ1n) is 11.6. The Balaban J connectivity index is 1.61. The molecule has 1 unspecified atom stereocenters. The molecule has 1 heterocycles. The molecule has 1 aliphatic heterocycles. The molecule has 0 spiro atoms. The number of hydrogen-bond donors (Lipinski definition) is 5. The second-order valence-electron chi connectivity index (χ2n) is 8.68. The number of aryl methyl sites for hydroxylation is 1. The minimum Gasteiger partial charge on any atom is -0.480 e. The lowest BCUT2D eigenvalue weighted by Gasteiger charge is -2.23. The summed E-state index contributed by atoms with van der Waals surface area (Å²) >= 11 is 18.6. The summed E-state index contributed by atoms with van der Waals surface area (Å²) in [6, 6.07) is 8.70. The average Bonchev–Trinajstić information content (AvgIpc) is 2.84. The van der Waals surface area contributed by atoms with Gasteiger partial charge in [-0.2, -0.15) is 0 Å². The largest absolute Gasteiger partial charge is 0.480 e. The van der Waals surface area contributed by atoms with Crippen molar-refractivity contribution in [1.82, 2.24) is 16.0 Å². The fourth-order valence-corrected chi connectivity index (χ4v) is 4.94. The van der Waals surface area contributed by atoms with Crippen LogP contribution in [0.2, 0.25) is 15.1 Å². The molecule has 1 fully saturated rings. The quantitative estimate of drug-likeness (QED) is 0.304. The van der Waals surface area contributed by atoms with Gasteiger partial charge in [-0.3, -0.25) is 9.59 Å². The standard InChI is InChI=1S/C25H28Cl3N3O5/c26-17-3-1-2-16(12-17)21(32)5-4-14-10-18(27)22(19(28)11-14)24(34)31-20(25(35)36)13-30-23(33)15-6-8-29-9-7-15/h1-3,10-12,15,20-21,29,32H,4-9,13H2,(H,30,33)(H,31,34)(H,35,36)/t20-,21?/m0/s1. The molecule has 0 radical (unpaired) electrons. The van der Waals surface area contributed by atoms with Crippen LogP contribution >= 0.6 is 34.8 Å². The smallest absolute Gasteiger partial charge is 0.328 e. The van der Waals surface area contributed by atoms with Crippen molar-refractivity contribution in [2.45, 2.75) is 37.8 Å². The summed E-state index contributed by atoms with van der Waals surface area (Å²) in [5.74, 6) is -2.49. The fourth-order valence-electron chi connectivity index (χ4n) is 4.03. The summed E-state index contributed by atoms with van der Waals surface area (Å²) in [6.45, 7) is 1.19. The van der Waals surface area contributed by atoms with Crippen LogP contribution in [0.15, 0.2) is 36.4 Å². The van der Waals surface area contributed by atoms with Crippen LogP contribution in [0.5, 0.6) is 0 Å². The number of amides is 2. The second-order valence-corrected chi connectivity index (χ2v) is 9.93. The van der Waals surface area contributed by atoms with Crippen LogP contribution in [0.1, 0.15) is 46.9 Å². The Bertz CT molecular complexity index is 1090. The van der Waals surface area contributed by atoms with E-state index < -0.39 is 24.0 Å². The Labute approximate surface area is 224 Å². The van der Waals surface area contributed by atoms with Gasteiger partial charge in [0, 0.05) is 17.5 Å². The number of carbonyl (C=O) groups is 3. The van der Waals surface area contributed by atoms with Crippen LogP contribution in [-0.4, -0.2) is 53.7 Å². The van der Waals surface area contributed by atoms with E-state index in [1.165, 1.54) is 0 Å². The molecule has 194 valence electrons. The van der Waals surface area contributed by atoms with Gasteiger partial charge in [-0.25, -0.2) is 4.79 Å². The fraction of sp³-hybridized carbons (Fsp3) is 0.400. The van der Waals surface area contributed by atoms with Gasteiger partial charge in [-0.15, -0.1) is 0 Å². The van der Waals surface area contributed by atoms with E-state index in [-0.39, 0.29) is 34.0 Å². The predicted molar refractivity (Wildman–Crippen MR) is 139 cm³/mol. The van der Waals surface area contributed by atoms with Crippen LogP contribution in [0.4, 0.5) is 0 Å². The van der Waals surface area contributed by atoms with Crippen molar-refractivity contribution < 1.29 is 24.6 Å². The van der Waals surface area contributed by atoms with Crippen LogP contribution in [0.3, 0.4) is 0 Å². The Morgan fingerprint density at radius 3 is 2.33 bits per heavy atom. The number of hydrogen-bond acceptors (Lipinski definition) is 5. The van der Waals surface area contributed by atoms with Gasteiger partial charge in [0.15, 0.2) is 0 Å². The SMILES string of the molecule is O=C(N[C@@H](CNC(=O)C1CCNCC1)C(=O)O)c1c(Cl)cc(CCC(O)c2cccc(Cl)c2)cc1Cl. The number of benzene rings is 2. The zero-order chi connectivity index (χ0) is 26.2. The molecule has 2 atom stereocenters. The highest BCUT2D eigenvalue weighted by Gasteiger charge is 2.27. The zero-order valence-corrected chi connectivity index (χ0v) is 21.7. The lowest BCUT2D eigenvalue weighted by Crippen LogP contribution is -2.50. The lowest BCUT2D eigenvalue weighted by atomic mass is 9.97. The number of carboxylic acids is 1. The summed E-state index contributed by atoms with van der Waals surface area (Å²) in [4.78, 5) is 36.8. The molecule has 1 saturated heterocycles. The summed E-state index contributed by atoms with van der Waals surface area (Å²) < 4.78 is 0. The summed E-state index contributed by atoms with van der Waals surface area (Å²) in [5, 5.41) is 28.8. The van der Waals surface area contributed by atoms with E-state index in [1.807, 2.05) is 0 Å². The molecule has 0 aliphatic carbocycles. The molecule has 2 amide bonds. The first-order chi connectivity index (χ1) is 17.2. The van der Waals surface area contributed by atoms with E-state index in [4.69, 9.17) is 34.8 Å². The van der Waals surface area contributed by atoms with Crippen molar-refractivity contribution in [3.05, 3.63) is 68.2 Å². The van der Waals surface area contributed by atoms with E-state index in [9.17, 15) is 24.6 Å². The lowest BCUT2D eigenvalue weighted by molar-refractivity contribution is -0.139. The molecule has 8 nitrogen and oxygen atoms in total. The number of aliphatic hydroxyl groups excluding tert-OH is 1. The normalized spacial score (nSPS) is 15.7. The first-order valence-corrected chi connectivity index (χ1v) is 12.7. The van der Waals surface area contributed by atoms with E-state index >= 15 is 0 Å². The third-order valence-electron chi connectivity index (χ3n) is 6.06. The van der Waals surface area contributed by atoms with Crippen LogP contribution in [0, 0.1) is 5.92 Å². The van der Waals surface area contributed by atoms with Gasteiger partial charge in [0.1, 0.15) is 6.04 Å². The Hall–Kier alpha value is -2.36. The Morgan fingerprint density at radius 1 is 1.06 bits per heavy atom. The highest BCUT2D eigenvalue weighted by molar-refractivity contribution is 6.39. The van der Waals surface area contributed by atoms with Gasteiger partial charge < -0.3 is 26.2 Å². The molecule has 1 aliphatic rings. The van der Waals surface area contributed by atoms with Crippen molar-refractivity contribution in [3.63, 3.8) is 0 Å². The maximum atomic E-state index is 12.8. The third-order valence-corrected chi connectivity index (χ3v) is 6.89. The van der Waals surface area contributed by atoms with E-state index in [1.54, 1.807) is 36.4 Å². The topological polar surface area (TPSA) is 128 Å². The molecular formula is C25H28Cl3N3O5. The third kappa shape index (κ3) is 7.82. The van der Waals surface area contributed by atoms with Crippen molar-refractivity contribution in [3.8, 4) is 0 Å². The summed E-state index contributed by atoms with van der Waals surface area (Å²) in [5.41, 5.74) is 1.32. The van der Waals surface area contributed by atoms with Crippen LogP contribution < -0.4 is 16.0 Å². The highest BCUT2D eigenvalue weighted by atomic mass is 35.5. The molecule has 11 heteroatoms. The predicted octanol–water partition coefficient (Wildman–Crippen LogP) is 3.61. The van der Waals surface area contributed by atoms with E-state index in [0.29, 0.717) is 41.8 Å². The molecule has 3 rings (SSSR count). The van der Waals surface area contributed by atoms with Crippen LogP contribution in [0.25, 0.3) is 0 Å². The van der Waals surface area contributed by atoms with Gasteiger partial charge in [0.05, 0.1) is 21.7 Å². The molecule has 2 aromatic rings. The van der Waals surface area contributed by atoms with E-state index in [0.717, 1.165) is 13.1 Å². The maximum absolute atomic E-state index is 12.8. The summed E-state index contributed by atoms with van der Waals surface area (Å²) in [7, 11) is 0. The number of halogens is 3. The molecule has 0 saturated carbocycles. The van der Waals surface area contributed by atoms with Crippen molar-refractivity contribution in [1.29, 1.82) is 0 Å². The van der Waals surface area contributed by atoms with Gasteiger partial charge in [-0.05, 0) is 74.2 Å². The number of nitrogens with one attached hydrogen (secondary N) is 3. The first kappa shape index (κ1) is 28.2. The second kappa shape index (κ2) is 13.3. The van der Waals surface area contributed by atoms with Gasteiger partial charge in [-0.1, -0.05) is 46.9 Å². The highest BCUT2D eigenvalue weighted by Crippen LogP contribution is 2.29. The van der Waals surface area contributed by atoms with Crippen molar-refractivity contribution in [2.75, 3.05) is 19.6 Å². The number of carbonyl (C=O) groups excluding carboxylic acids is 2. The van der Waals surface area contributed by atoms with Gasteiger partial charge in [0.2, 0.25) is 5.91 Å². The maximum Gasteiger partial charge on any atom is 0.328 e. The number of carboxylic acid groups (broad SMARTS) is 1. The van der Waals surface area contributed by atoms with Gasteiger partial charge >= 0.3 is 5.97 Å². The molecular weight excluding hydrogens is 529 g/mol. The minimum absolute atomic E-state index is 0.0510. The number of rotatable bonds is 10. The van der Waals surface area contributed by atoms with Gasteiger partial charge in [0.25, 0.3) is 5.91 Å². The molecule has 5 N–H and O–H groups in total. The molecule has 36 heavy (non-hydrogen) atoms. The minimum atomic E-state index is -1.36. The molecule has 0 aromatic heterocycles. The zero-order valence-electron chi connectivity index (χ0n) is 19.4. The monoisotopic (exact) mass is 555 g/mol. The number of aliphatic carboxylic acids is 1. The Morgan fingerprint density at radius 2 is 1.72 bits per heavy atom. The number of aliphatic hydroxyl groups is 1. The Kier molecular flexibility index (Phi) is 10.4. The molecule has 0 bridgehead atoms. The van der Waals surface area contributed by atoms with Crippen molar-refractivity contribution >= 4 is 52.6 Å². The van der Waals surface area contributed by atoms with Crippen LogP contribution in [-0.2, 0) is 16.0 Å². The summed E-state index contributed by atoms with van der Waals surface area (Å²) in [6.07, 6.45) is 1.39. The molecule has 2 aromatic carbocycles. The number of piperidine rings is 1. The van der Waals surface area contributed by atoms with E-state index in [2.05, 4.69) is 16.0 Å². The average molecular weight is 557 g/mol. The van der Waals surface area contributed by atoms with Crippen molar-refractivity contribution in [2.24, 2.45) is 5.92 Å².